The number of hydrogen-bond donors (Lipinski definition) is 6. The SMILES string of the molecule is O=C(Nc1cccc(C(=O)N=C2C=CC(O)=C3C2=CC=CC3S(=O)(=O)O)c1)Nc1cccc(C(=O)N=C2C=CC(O)=C3C2=CC=CC3S(=O)(=O)O)c1. The van der Waals surface area contributed by atoms with Gasteiger partial charge in [0.25, 0.3) is 32.1 Å². The lowest BCUT2D eigenvalue weighted by Gasteiger charge is -2.23. The van der Waals surface area contributed by atoms with Crippen LogP contribution in [0.1, 0.15) is 20.7 Å². The van der Waals surface area contributed by atoms with Gasteiger partial charge in [-0.1, -0.05) is 48.6 Å². The Morgan fingerprint density at radius 2 is 1.02 bits per heavy atom. The quantitative estimate of drug-likeness (QED) is 0.220. The molecule has 264 valence electrons. The number of carbonyl (C=O) groups is 3. The van der Waals surface area contributed by atoms with E-state index < -0.39 is 60.1 Å². The molecule has 0 aliphatic heterocycles. The number of nitrogens with one attached hydrogen (secondary N) is 2. The van der Waals surface area contributed by atoms with Gasteiger partial charge in [-0.05, 0) is 60.7 Å². The summed E-state index contributed by atoms with van der Waals surface area (Å²) in [5.74, 6) is -2.32. The maximum atomic E-state index is 13.1. The van der Waals surface area contributed by atoms with Crippen molar-refractivity contribution in [3.8, 4) is 0 Å². The van der Waals surface area contributed by atoms with Gasteiger partial charge >= 0.3 is 6.03 Å². The molecule has 0 bridgehead atoms. The maximum Gasteiger partial charge on any atom is 0.323 e. The molecule has 2 unspecified atom stereocenters. The first kappa shape index (κ1) is 35.6. The molecule has 0 spiro atoms. The number of rotatable bonds is 6. The van der Waals surface area contributed by atoms with E-state index in [0.29, 0.717) is 0 Å². The Labute approximate surface area is 296 Å². The molecule has 6 N–H and O–H groups in total. The summed E-state index contributed by atoms with van der Waals surface area (Å²) in [5.41, 5.74) is 0.571. The van der Waals surface area contributed by atoms with E-state index in [1.165, 1.54) is 97.1 Å². The van der Waals surface area contributed by atoms with Gasteiger partial charge in [-0.3, -0.25) is 18.7 Å². The molecule has 2 aromatic carbocycles. The average molecular weight is 743 g/mol. The van der Waals surface area contributed by atoms with Gasteiger partial charge in [-0.2, -0.15) is 16.8 Å². The molecule has 17 heteroatoms. The number of anilines is 2. The van der Waals surface area contributed by atoms with Crippen LogP contribution in [-0.4, -0.2) is 75.9 Å². The summed E-state index contributed by atoms with van der Waals surface area (Å²) in [7, 11) is -9.25. The van der Waals surface area contributed by atoms with E-state index in [1.807, 2.05) is 0 Å². The van der Waals surface area contributed by atoms with Gasteiger partial charge in [-0.25, -0.2) is 14.8 Å². The maximum absolute atomic E-state index is 13.1. The molecule has 52 heavy (non-hydrogen) atoms. The fourth-order valence-corrected chi connectivity index (χ4v) is 7.34. The number of urea groups is 1. The van der Waals surface area contributed by atoms with Crippen LogP contribution in [0.3, 0.4) is 0 Å². The van der Waals surface area contributed by atoms with Crippen molar-refractivity contribution in [3.63, 3.8) is 0 Å². The monoisotopic (exact) mass is 742 g/mol. The topological polar surface area (TPSA) is 249 Å². The molecule has 2 aromatic rings. The van der Waals surface area contributed by atoms with E-state index in [9.17, 15) is 50.5 Å². The number of carbonyl (C=O) groups excluding carboxylic acids is 3. The smallest absolute Gasteiger partial charge is 0.323 e. The fraction of sp³-hybridized carbons (Fsp3) is 0.0571. The van der Waals surface area contributed by atoms with Crippen molar-refractivity contribution in [2.24, 2.45) is 9.98 Å². The lowest BCUT2D eigenvalue weighted by atomic mass is 9.89. The summed E-state index contributed by atoms with van der Waals surface area (Å²) in [6, 6.07) is 10.8. The van der Waals surface area contributed by atoms with E-state index in [0.717, 1.165) is 12.2 Å². The van der Waals surface area contributed by atoms with Gasteiger partial charge in [0, 0.05) is 44.8 Å². The Morgan fingerprint density at radius 3 is 1.40 bits per heavy atom. The summed E-state index contributed by atoms with van der Waals surface area (Å²) < 4.78 is 66.8. The summed E-state index contributed by atoms with van der Waals surface area (Å²) in [4.78, 5) is 47.3. The molecule has 4 aliphatic carbocycles. The van der Waals surface area contributed by atoms with Crippen LogP contribution in [0.5, 0.6) is 0 Å². The number of amides is 4. The second-order valence-electron chi connectivity index (χ2n) is 11.4. The Balaban J connectivity index is 1.14. The van der Waals surface area contributed by atoms with Crippen molar-refractivity contribution in [3.05, 3.63) is 154 Å². The summed E-state index contributed by atoms with van der Waals surface area (Å²) >= 11 is 0. The van der Waals surface area contributed by atoms with Crippen LogP contribution in [0.2, 0.25) is 0 Å². The number of hydrogen-bond acceptors (Lipinski definition) is 9. The highest BCUT2D eigenvalue weighted by Crippen LogP contribution is 2.33. The Hall–Kier alpha value is -6.27. The zero-order valence-electron chi connectivity index (χ0n) is 26.4. The van der Waals surface area contributed by atoms with Crippen LogP contribution < -0.4 is 10.6 Å². The zero-order chi connectivity index (χ0) is 37.4. The highest BCUT2D eigenvalue weighted by Gasteiger charge is 2.36. The first-order valence-corrected chi connectivity index (χ1v) is 18.1. The van der Waals surface area contributed by atoms with Crippen LogP contribution in [0.25, 0.3) is 0 Å². The van der Waals surface area contributed by atoms with E-state index >= 15 is 0 Å². The minimum atomic E-state index is -4.62. The lowest BCUT2D eigenvalue weighted by Crippen LogP contribution is -2.28. The van der Waals surface area contributed by atoms with Crippen LogP contribution in [-0.2, 0) is 20.2 Å². The molecule has 15 nitrogen and oxygen atoms in total. The van der Waals surface area contributed by atoms with Crippen molar-refractivity contribution in [2.45, 2.75) is 10.5 Å². The van der Waals surface area contributed by atoms with Crippen molar-refractivity contribution >= 4 is 60.9 Å². The normalized spacial score (nSPS) is 21.0. The Kier molecular flexibility index (Phi) is 9.44. The van der Waals surface area contributed by atoms with Gasteiger partial charge in [0.15, 0.2) is 0 Å². The van der Waals surface area contributed by atoms with Crippen molar-refractivity contribution < 1.29 is 50.5 Å². The Bertz CT molecular complexity index is 2330. The zero-order valence-corrected chi connectivity index (χ0v) is 28.0. The number of nitrogens with zero attached hydrogens (tertiary/aromatic N) is 2. The van der Waals surface area contributed by atoms with Crippen LogP contribution in [0, 0.1) is 0 Å². The number of benzene rings is 2. The van der Waals surface area contributed by atoms with Gasteiger partial charge < -0.3 is 20.8 Å². The van der Waals surface area contributed by atoms with Gasteiger partial charge in [0.1, 0.15) is 22.0 Å². The molecule has 6 rings (SSSR count). The Morgan fingerprint density at radius 1 is 0.615 bits per heavy atom. The molecule has 4 aliphatic rings. The number of fused-ring (bicyclic) bond motifs is 2. The summed E-state index contributed by atoms with van der Waals surface area (Å²) in [5, 5.41) is 22.7. The molecule has 0 radical (unpaired) electrons. The second kappa shape index (κ2) is 13.8. The van der Waals surface area contributed by atoms with E-state index in [1.54, 1.807) is 0 Å². The molecule has 0 fully saturated rings. The van der Waals surface area contributed by atoms with Gasteiger partial charge in [0.05, 0.1) is 11.4 Å². The first-order chi connectivity index (χ1) is 24.6. The van der Waals surface area contributed by atoms with Crippen LogP contribution in [0.4, 0.5) is 16.2 Å². The van der Waals surface area contributed by atoms with Crippen molar-refractivity contribution in [1.29, 1.82) is 0 Å². The molecule has 0 heterocycles. The lowest BCUT2D eigenvalue weighted by molar-refractivity contribution is 0.0995. The number of aliphatic hydroxyl groups excluding tert-OH is 2. The number of allylic oxidation sites excluding steroid dienone is 10. The molecule has 0 saturated carbocycles. The second-order valence-corrected chi connectivity index (χ2v) is 14.5. The van der Waals surface area contributed by atoms with Gasteiger partial charge in [0.2, 0.25) is 0 Å². The van der Waals surface area contributed by atoms with Crippen LogP contribution in [0.15, 0.2) is 153 Å². The molecule has 0 saturated heterocycles. The third-order valence-electron chi connectivity index (χ3n) is 7.97. The standard InChI is InChI=1S/C35H26N4O11S2/c40-27-15-13-25(23-9-3-11-29(31(23)27)51(45,46)47)38-33(42)19-5-1-7-21(17-19)36-35(44)37-22-8-2-6-20(18-22)34(43)39-26-14-16-28(41)32-24(26)10-4-12-30(32)52(48,49)50/h1-18,29-30,40-41H,(H2,36,37,44)(H,45,46,47)(H,48,49,50). The minimum Gasteiger partial charge on any atom is -0.508 e. The summed E-state index contributed by atoms with van der Waals surface area (Å²) in [6.45, 7) is 0. The highest BCUT2D eigenvalue weighted by atomic mass is 32.2. The predicted molar refractivity (Wildman–Crippen MR) is 192 cm³/mol. The van der Waals surface area contributed by atoms with Gasteiger partial charge in [-0.15, -0.1) is 0 Å². The largest absolute Gasteiger partial charge is 0.508 e. The minimum absolute atomic E-state index is 0.0376. The molecular formula is C35H26N4O11S2. The van der Waals surface area contributed by atoms with Crippen LogP contribution >= 0.6 is 0 Å². The van der Waals surface area contributed by atoms with E-state index in [2.05, 4.69) is 20.6 Å². The number of aliphatic imine (C=N–C) groups is 2. The predicted octanol–water partition coefficient (Wildman–Crippen LogP) is 4.76. The van der Waals surface area contributed by atoms with Crippen molar-refractivity contribution in [1.82, 2.24) is 0 Å². The third-order valence-corrected chi connectivity index (χ3v) is 10.0. The summed E-state index contributed by atoms with van der Waals surface area (Å²) in [6.07, 6.45) is 12.9. The fourth-order valence-electron chi connectivity index (χ4n) is 5.67. The number of aliphatic hydroxyl groups is 2. The average Bonchev–Trinajstić information content (AvgIpc) is 3.09. The van der Waals surface area contributed by atoms with E-state index in [-0.39, 0.29) is 56.2 Å². The molecule has 2 atom stereocenters. The first-order valence-electron chi connectivity index (χ1n) is 15.1. The molecular weight excluding hydrogens is 717 g/mol. The third kappa shape index (κ3) is 7.42. The van der Waals surface area contributed by atoms with E-state index in [4.69, 9.17) is 0 Å². The van der Waals surface area contributed by atoms with Crippen molar-refractivity contribution in [2.75, 3.05) is 10.6 Å². The molecule has 4 amide bonds. The molecule has 0 aromatic heterocycles. The highest BCUT2D eigenvalue weighted by molar-refractivity contribution is 7.87.